The Labute approximate surface area is 196 Å². The number of sulfonamides is 1. The Kier molecular flexibility index (Phi) is 6.68. The van der Waals surface area contributed by atoms with E-state index in [1.807, 2.05) is 4.90 Å². The van der Waals surface area contributed by atoms with Crippen LogP contribution in [0, 0.1) is 5.82 Å². The average molecular weight is 493 g/mol. The fourth-order valence-corrected chi connectivity index (χ4v) is 5.54. The molecule has 33 heavy (non-hydrogen) atoms. The first-order valence-corrected chi connectivity index (χ1v) is 11.9. The molecule has 4 rings (SSSR count). The van der Waals surface area contributed by atoms with Crippen molar-refractivity contribution in [3.05, 3.63) is 59.6 Å². The summed E-state index contributed by atoms with van der Waals surface area (Å²) in [5, 5.41) is 0.314. The number of hydrogen-bond acceptors (Lipinski definition) is 7. The lowest BCUT2D eigenvalue weighted by Crippen LogP contribution is -2.49. The topological polar surface area (TPSA) is 84.9 Å². The fraction of sp³-hybridized carbons (Fsp3) is 0.273. The number of anilines is 1. The molecule has 174 valence electrons. The van der Waals surface area contributed by atoms with Crippen molar-refractivity contribution < 1.29 is 22.3 Å². The largest absolute Gasteiger partial charge is 0.496 e. The van der Waals surface area contributed by atoms with Gasteiger partial charge in [0.15, 0.2) is 0 Å². The van der Waals surface area contributed by atoms with E-state index in [9.17, 15) is 12.8 Å². The second-order valence-corrected chi connectivity index (χ2v) is 9.64. The summed E-state index contributed by atoms with van der Waals surface area (Å²) >= 11 is 6.03. The molecule has 1 aromatic heterocycles. The predicted molar refractivity (Wildman–Crippen MR) is 123 cm³/mol. The van der Waals surface area contributed by atoms with Gasteiger partial charge in [0.05, 0.1) is 19.9 Å². The van der Waals surface area contributed by atoms with E-state index in [2.05, 4.69) is 9.97 Å². The molecule has 0 N–H and O–H groups in total. The van der Waals surface area contributed by atoms with Crippen LogP contribution in [0.2, 0.25) is 5.02 Å². The molecule has 0 spiro atoms. The Hall–Kier alpha value is -2.95. The minimum absolute atomic E-state index is 0.0356. The van der Waals surface area contributed by atoms with Crippen LogP contribution >= 0.6 is 11.6 Å². The predicted octanol–water partition coefficient (Wildman–Crippen LogP) is 3.46. The summed E-state index contributed by atoms with van der Waals surface area (Å²) in [6.07, 6.45) is 1.40. The van der Waals surface area contributed by atoms with Crippen LogP contribution in [-0.4, -0.2) is 63.1 Å². The van der Waals surface area contributed by atoms with Crippen molar-refractivity contribution in [2.45, 2.75) is 4.90 Å². The Bertz CT molecular complexity index is 1270. The molecule has 0 unspecified atom stereocenters. The van der Waals surface area contributed by atoms with Crippen LogP contribution in [-0.2, 0) is 10.0 Å². The number of ether oxygens (including phenoxy) is 2. The molecule has 1 saturated heterocycles. The number of rotatable bonds is 6. The van der Waals surface area contributed by atoms with E-state index in [1.165, 1.54) is 49.1 Å². The SMILES string of the molecule is COc1ccc(F)cc1-c1cc(N2CCN(S(=O)(=O)c3cc(Cl)ccc3OC)CC2)ncn1. The van der Waals surface area contributed by atoms with Crippen LogP contribution in [0.3, 0.4) is 0 Å². The van der Waals surface area contributed by atoms with E-state index >= 15 is 0 Å². The minimum atomic E-state index is -3.79. The molecule has 0 saturated carbocycles. The van der Waals surface area contributed by atoms with Crippen LogP contribution in [0.1, 0.15) is 0 Å². The second-order valence-electron chi connectivity index (χ2n) is 7.29. The van der Waals surface area contributed by atoms with Gasteiger partial charge in [-0.2, -0.15) is 4.31 Å². The number of halogens is 2. The number of aromatic nitrogens is 2. The van der Waals surface area contributed by atoms with Gasteiger partial charge in [0, 0.05) is 42.8 Å². The van der Waals surface area contributed by atoms with Crippen molar-refractivity contribution in [3.63, 3.8) is 0 Å². The average Bonchev–Trinajstić information content (AvgIpc) is 2.84. The normalized spacial score (nSPS) is 14.8. The van der Waals surface area contributed by atoms with E-state index in [1.54, 1.807) is 18.2 Å². The smallest absolute Gasteiger partial charge is 0.246 e. The third-order valence-corrected chi connectivity index (χ3v) is 7.55. The van der Waals surface area contributed by atoms with Gasteiger partial charge < -0.3 is 14.4 Å². The summed E-state index contributed by atoms with van der Waals surface area (Å²) in [6.45, 7) is 1.33. The molecule has 11 heteroatoms. The molecule has 0 radical (unpaired) electrons. The van der Waals surface area contributed by atoms with Crippen molar-refractivity contribution in [1.82, 2.24) is 14.3 Å². The lowest BCUT2D eigenvalue weighted by molar-refractivity contribution is 0.373. The minimum Gasteiger partial charge on any atom is -0.496 e. The third-order valence-electron chi connectivity index (χ3n) is 5.40. The molecule has 1 aliphatic rings. The fourth-order valence-electron chi connectivity index (χ4n) is 3.70. The monoisotopic (exact) mass is 492 g/mol. The lowest BCUT2D eigenvalue weighted by atomic mass is 10.1. The first-order valence-electron chi connectivity index (χ1n) is 10.1. The zero-order valence-corrected chi connectivity index (χ0v) is 19.6. The number of piperazine rings is 1. The van der Waals surface area contributed by atoms with E-state index < -0.39 is 15.8 Å². The standard InChI is InChI=1S/C22H22ClFN4O4S/c1-31-19-6-4-16(24)12-17(19)18-13-22(26-14-25-18)27-7-9-28(10-8-27)33(29,30)21-11-15(23)3-5-20(21)32-2/h3-6,11-14H,7-10H2,1-2H3. The van der Waals surface area contributed by atoms with Gasteiger partial charge >= 0.3 is 0 Å². The highest BCUT2D eigenvalue weighted by Crippen LogP contribution is 2.32. The molecule has 0 atom stereocenters. The van der Waals surface area contributed by atoms with Crippen molar-refractivity contribution in [2.24, 2.45) is 0 Å². The molecular formula is C22H22ClFN4O4S. The first-order chi connectivity index (χ1) is 15.8. The van der Waals surface area contributed by atoms with Gasteiger partial charge in [0.1, 0.15) is 34.4 Å². The molecule has 1 aliphatic heterocycles. The van der Waals surface area contributed by atoms with E-state index in [-0.39, 0.29) is 23.7 Å². The summed E-state index contributed by atoms with van der Waals surface area (Å²) in [4.78, 5) is 10.6. The van der Waals surface area contributed by atoms with Crippen molar-refractivity contribution in [1.29, 1.82) is 0 Å². The molecule has 2 heterocycles. The molecular weight excluding hydrogens is 471 g/mol. The summed E-state index contributed by atoms with van der Waals surface area (Å²) < 4.78 is 52.2. The number of methoxy groups -OCH3 is 2. The summed E-state index contributed by atoms with van der Waals surface area (Å²) in [7, 11) is -0.867. The molecule has 1 fully saturated rings. The van der Waals surface area contributed by atoms with Gasteiger partial charge in [-0.25, -0.2) is 22.8 Å². The molecule has 8 nitrogen and oxygen atoms in total. The van der Waals surface area contributed by atoms with Gasteiger partial charge in [0.25, 0.3) is 0 Å². The highest BCUT2D eigenvalue weighted by atomic mass is 35.5. The van der Waals surface area contributed by atoms with Gasteiger partial charge in [-0.15, -0.1) is 0 Å². The Morgan fingerprint density at radius 2 is 1.64 bits per heavy atom. The van der Waals surface area contributed by atoms with E-state index in [4.69, 9.17) is 21.1 Å². The van der Waals surface area contributed by atoms with Crippen LogP contribution in [0.25, 0.3) is 11.3 Å². The highest BCUT2D eigenvalue weighted by Gasteiger charge is 2.31. The van der Waals surface area contributed by atoms with E-state index in [0.717, 1.165) is 0 Å². The summed E-state index contributed by atoms with van der Waals surface area (Å²) in [5.41, 5.74) is 1.02. The maximum Gasteiger partial charge on any atom is 0.246 e. The van der Waals surface area contributed by atoms with Crippen LogP contribution < -0.4 is 14.4 Å². The second kappa shape index (κ2) is 9.50. The molecule has 3 aromatic rings. The van der Waals surface area contributed by atoms with Gasteiger partial charge in [-0.1, -0.05) is 11.6 Å². The quantitative estimate of drug-likeness (QED) is 0.521. The molecule has 0 amide bonds. The van der Waals surface area contributed by atoms with Crippen molar-refractivity contribution in [2.75, 3.05) is 45.3 Å². The van der Waals surface area contributed by atoms with Gasteiger partial charge in [-0.3, -0.25) is 0 Å². The number of benzene rings is 2. The van der Waals surface area contributed by atoms with Crippen LogP contribution in [0.5, 0.6) is 11.5 Å². The lowest BCUT2D eigenvalue weighted by Gasteiger charge is -2.34. The van der Waals surface area contributed by atoms with Crippen LogP contribution in [0.15, 0.2) is 53.7 Å². The molecule has 0 bridgehead atoms. The summed E-state index contributed by atoms with van der Waals surface area (Å²) in [6, 6.07) is 10.5. The van der Waals surface area contributed by atoms with Crippen molar-refractivity contribution >= 4 is 27.4 Å². The van der Waals surface area contributed by atoms with Crippen LogP contribution in [0.4, 0.5) is 10.2 Å². The highest BCUT2D eigenvalue weighted by molar-refractivity contribution is 7.89. The van der Waals surface area contributed by atoms with Gasteiger partial charge in [0.2, 0.25) is 10.0 Å². The molecule has 2 aromatic carbocycles. The zero-order valence-electron chi connectivity index (χ0n) is 18.0. The Morgan fingerprint density at radius 1 is 0.939 bits per heavy atom. The maximum absolute atomic E-state index is 13.8. The first kappa shape index (κ1) is 23.2. The number of nitrogens with zero attached hydrogens (tertiary/aromatic N) is 4. The molecule has 0 aliphatic carbocycles. The van der Waals surface area contributed by atoms with Crippen molar-refractivity contribution in [3.8, 4) is 22.8 Å². The third kappa shape index (κ3) is 4.73. The van der Waals surface area contributed by atoms with Gasteiger partial charge in [-0.05, 0) is 36.4 Å². The Balaban J connectivity index is 1.54. The van der Waals surface area contributed by atoms with E-state index in [0.29, 0.717) is 40.9 Å². The summed E-state index contributed by atoms with van der Waals surface area (Å²) in [5.74, 6) is 0.948. The zero-order chi connectivity index (χ0) is 23.6. The number of hydrogen-bond donors (Lipinski definition) is 0. The maximum atomic E-state index is 13.8. The Morgan fingerprint density at radius 3 is 2.33 bits per heavy atom.